The van der Waals surface area contributed by atoms with Gasteiger partial charge in [-0.2, -0.15) is 0 Å². The quantitative estimate of drug-likeness (QED) is 0.811. The summed E-state index contributed by atoms with van der Waals surface area (Å²) in [4.78, 5) is 0.416. The third-order valence-corrected chi connectivity index (χ3v) is 7.13. The smallest absolute Gasteiger partial charge is 0.207 e. The monoisotopic (exact) mass is 371 g/mol. The highest BCUT2D eigenvalue weighted by atomic mass is 32.2. The Morgan fingerprint density at radius 1 is 0.962 bits per heavy atom. The molecule has 26 heavy (non-hydrogen) atoms. The maximum absolute atomic E-state index is 13.1. The van der Waals surface area contributed by atoms with Gasteiger partial charge in [0, 0.05) is 6.04 Å². The fourth-order valence-electron chi connectivity index (χ4n) is 4.19. The van der Waals surface area contributed by atoms with Crippen LogP contribution in [0, 0.1) is 20.8 Å². The van der Waals surface area contributed by atoms with E-state index in [1.165, 1.54) is 24.0 Å². The van der Waals surface area contributed by atoms with E-state index in [2.05, 4.69) is 22.9 Å². The Balaban J connectivity index is 1.93. The summed E-state index contributed by atoms with van der Waals surface area (Å²) >= 11 is 0. The molecule has 0 aromatic heterocycles. The van der Waals surface area contributed by atoms with Crippen LogP contribution in [0.25, 0.3) is 0 Å². The highest BCUT2D eigenvalue weighted by Gasteiger charge is 2.24. The summed E-state index contributed by atoms with van der Waals surface area (Å²) in [6.45, 7) is 7.76. The van der Waals surface area contributed by atoms with Gasteiger partial charge in [0.05, 0.1) is 4.90 Å². The maximum Gasteiger partial charge on any atom is 0.241 e. The van der Waals surface area contributed by atoms with Gasteiger partial charge in [-0.05, 0) is 80.7 Å². The molecule has 3 rings (SSSR count). The normalized spacial score (nSPS) is 15.5. The first-order valence-electron chi connectivity index (χ1n) is 9.53. The molecule has 0 heterocycles. The minimum atomic E-state index is -3.57. The van der Waals surface area contributed by atoms with Crippen LogP contribution in [-0.4, -0.2) is 8.42 Å². The maximum atomic E-state index is 13.1. The minimum absolute atomic E-state index is 0.202. The average Bonchev–Trinajstić information content (AvgIpc) is 2.58. The van der Waals surface area contributed by atoms with E-state index in [0.29, 0.717) is 4.90 Å². The molecule has 0 fully saturated rings. The van der Waals surface area contributed by atoms with Gasteiger partial charge >= 0.3 is 0 Å². The first-order chi connectivity index (χ1) is 12.3. The Hall–Kier alpha value is -1.65. The summed E-state index contributed by atoms with van der Waals surface area (Å²) in [5.74, 6) is 0. The number of hydrogen-bond acceptors (Lipinski definition) is 2. The van der Waals surface area contributed by atoms with Crippen molar-refractivity contribution in [3.8, 4) is 0 Å². The van der Waals surface area contributed by atoms with Crippen molar-refractivity contribution in [2.45, 2.75) is 70.7 Å². The van der Waals surface area contributed by atoms with Gasteiger partial charge in [-0.1, -0.05) is 42.8 Å². The van der Waals surface area contributed by atoms with E-state index in [9.17, 15) is 8.42 Å². The number of rotatable bonds is 5. The number of nitrogens with one attached hydrogen (secondary N) is 1. The second-order valence-corrected chi connectivity index (χ2v) is 9.20. The molecule has 1 aliphatic carbocycles. The van der Waals surface area contributed by atoms with Crippen LogP contribution in [0.5, 0.6) is 0 Å². The van der Waals surface area contributed by atoms with Gasteiger partial charge < -0.3 is 0 Å². The summed E-state index contributed by atoms with van der Waals surface area (Å²) in [5, 5.41) is 0. The lowest BCUT2D eigenvalue weighted by molar-refractivity contribution is 0.548. The molecule has 0 bridgehead atoms. The van der Waals surface area contributed by atoms with E-state index in [4.69, 9.17) is 0 Å². The number of sulfonamides is 1. The van der Waals surface area contributed by atoms with Crippen molar-refractivity contribution < 1.29 is 8.42 Å². The fraction of sp³-hybridized carbons (Fsp3) is 0.455. The minimum Gasteiger partial charge on any atom is -0.207 e. The summed E-state index contributed by atoms with van der Waals surface area (Å²) in [6.07, 6.45) is 5.44. The van der Waals surface area contributed by atoms with Crippen molar-refractivity contribution in [3.05, 3.63) is 63.7 Å². The molecule has 2 aromatic carbocycles. The van der Waals surface area contributed by atoms with Gasteiger partial charge in [0.2, 0.25) is 10.0 Å². The Morgan fingerprint density at radius 2 is 1.58 bits per heavy atom. The highest BCUT2D eigenvalue weighted by Crippen LogP contribution is 2.28. The molecule has 0 radical (unpaired) electrons. The summed E-state index contributed by atoms with van der Waals surface area (Å²) in [5.41, 5.74) is 6.56. The fourth-order valence-corrected chi connectivity index (χ4v) is 5.95. The van der Waals surface area contributed by atoms with Gasteiger partial charge in [0.25, 0.3) is 0 Å². The molecule has 0 amide bonds. The molecule has 0 saturated carbocycles. The predicted octanol–water partition coefficient (Wildman–Crippen LogP) is 4.92. The van der Waals surface area contributed by atoms with Crippen molar-refractivity contribution in [1.82, 2.24) is 4.72 Å². The standard InChI is InChI=1S/C22H29NO2S/c1-5-21(20-11-10-18-8-6-7-9-19(18)14-20)23-26(24,25)22-16(3)12-15(2)13-17(22)4/h10-14,21,23H,5-9H2,1-4H3/t21-/m0/s1. The van der Waals surface area contributed by atoms with E-state index in [1.54, 1.807) is 0 Å². The van der Waals surface area contributed by atoms with Crippen LogP contribution in [-0.2, 0) is 22.9 Å². The third-order valence-electron chi connectivity index (χ3n) is 5.35. The Labute approximate surface area is 157 Å². The second kappa shape index (κ2) is 7.53. The van der Waals surface area contributed by atoms with E-state index < -0.39 is 10.0 Å². The van der Waals surface area contributed by atoms with Crippen molar-refractivity contribution in [1.29, 1.82) is 0 Å². The zero-order chi connectivity index (χ0) is 18.9. The Bertz CT molecular complexity index is 893. The van der Waals surface area contributed by atoms with Gasteiger partial charge in [-0.15, -0.1) is 0 Å². The first kappa shape index (κ1) is 19.1. The summed E-state index contributed by atoms with van der Waals surface area (Å²) < 4.78 is 29.2. The van der Waals surface area contributed by atoms with Gasteiger partial charge in [-0.25, -0.2) is 13.1 Å². The van der Waals surface area contributed by atoms with Crippen LogP contribution in [0.4, 0.5) is 0 Å². The third kappa shape index (κ3) is 3.86. The molecule has 0 aliphatic heterocycles. The molecule has 0 spiro atoms. The molecule has 0 unspecified atom stereocenters. The van der Waals surface area contributed by atoms with E-state index in [1.807, 2.05) is 39.8 Å². The average molecular weight is 372 g/mol. The summed E-state index contributed by atoms with van der Waals surface area (Å²) in [6, 6.07) is 10.1. The molecule has 0 saturated heterocycles. The van der Waals surface area contributed by atoms with E-state index >= 15 is 0 Å². The number of benzene rings is 2. The zero-order valence-electron chi connectivity index (χ0n) is 16.2. The van der Waals surface area contributed by atoms with Crippen molar-refractivity contribution >= 4 is 10.0 Å². The van der Waals surface area contributed by atoms with Crippen LogP contribution >= 0.6 is 0 Å². The molecule has 2 aromatic rings. The topological polar surface area (TPSA) is 46.2 Å². The molecular formula is C22H29NO2S. The molecule has 1 aliphatic rings. The lowest BCUT2D eigenvalue weighted by Gasteiger charge is -2.22. The van der Waals surface area contributed by atoms with Crippen molar-refractivity contribution in [2.75, 3.05) is 0 Å². The van der Waals surface area contributed by atoms with Crippen molar-refractivity contribution in [2.24, 2.45) is 0 Å². The molecule has 4 heteroatoms. The van der Waals surface area contributed by atoms with Gasteiger partial charge in [-0.3, -0.25) is 0 Å². The largest absolute Gasteiger partial charge is 0.241 e. The first-order valence-corrected chi connectivity index (χ1v) is 11.0. The SMILES string of the molecule is CC[C@H](NS(=O)(=O)c1c(C)cc(C)cc1C)c1ccc2c(c1)CCCC2. The molecular weight excluding hydrogens is 342 g/mol. The highest BCUT2D eigenvalue weighted by molar-refractivity contribution is 7.89. The second-order valence-electron chi connectivity index (χ2n) is 7.55. The number of fused-ring (bicyclic) bond motifs is 1. The number of hydrogen-bond donors (Lipinski definition) is 1. The molecule has 140 valence electrons. The predicted molar refractivity (Wildman–Crippen MR) is 107 cm³/mol. The van der Waals surface area contributed by atoms with Crippen LogP contribution in [0.15, 0.2) is 35.2 Å². The Kier molecular flexibility index (Phi) is 5.54. The zero-order valence-corrected chi connectivity index (χ0v) is 17.0. The molecule has 1 N–H and O–H groups in total. The molecule has 3 nitrogen and oxygen atoms in total. The molecule has 1 atom stereocenters. The van der Waals surface area contributed by atoms with Gasteiger partial charge in [0.1, 0.15) is 0 Å². The van der Waals surface area contributed by atoms with Crippen molar-refractivity contribution in [3.63, 3.8) is 0 Å². The van der Waals surface area contributed by atoms with Crippen LogP contribution < -0.4 is 4.72 Å². The number of aryl methyl sites for hydroxylation is 5. The summed E-state index contributed by atoms with van der Waals surface area (Å²) in [7, 11) is -3.57. The van der Waals surface area contributed by atoms with E-state index in [0.717, 1.165) is 41.5 Å². The van der Waals surface area contributed by atoms with Crippen LogP contribution in [0.2, 0.25) is 0 Å². The Morgan fingerprint density at radius 3 is 2.19 bits per heavy atom. The lowest BCUT2D eigenvalue weighted by atomic mass is 9.89. The van der Waals surface area contributed by atoms with E-state index in [-0.39, 0.29) is 6.04 Å². The van der Waals surface area contributed by atoms with Crippen LogP contribution in [0.1, 0.15) is 65.6 Å². The lowest BCUT2D eigenvalue weighted by Crippen LogP contribution is -2.29. The van der Waals surface area contributed by atoms with Crippen LogP contribution in [0.3, 0.4) is 0 Å². The van der Waals surface area contributed by atoms with Gasteiger partial charge in [0.15, 0.2) is 0 Å².